The van der Waals surface area contributed by atoms with E-state index in [9.17, 15) is 4.79 Å². The molecule has 0 saturated carbocycles. The maximum Gasteiger partial charge on any atom is 0.241 e. The van der Waals surface area contributed by atoms with Gasteiger partial charge >= 0.3 is 0 Å². The van der Waals surface area contributed by atoms with Crippen LogP contribution in [0, 0.1) is 6.92 Å². The number of rotatable bonds is 1. The SMILES string of the molecule is Bc1cc(-c2ccc(C)cc2)c[nH]c1=O. The lowest BCUT2D eigenvalue weighted by atomic mass is 9.94. The average molecular weight is 197 g/mol. The Labute approximate surface area is 89.4 Å². The summed E-state index contributed by atoms with van der Waals surface area (Å²) in [6.45, 7) is 2.06. The van der Waals surface area contributed by atoms with Gasteiger partial charge in [0.25, 0.3) is 0 Å². The molecule has 0 fully saturated rings. The monoisotopic (exact) mass is 197 g/mol. The summed E-state index contributed by atoms with van der Waals surface area (Å²) in [6, 6.07) is 10.2. The summed E-state index contributed by atoms with van der Waals surface area (Å²) >= 11 is 0. The summed E-state index contributed by atoms with van der Waals surface area (Å²) in [5, 5.41) is 0. The van der Waals surface area contributed by atoms with E-state index in [1.165, 1.54) is 5.56 Å². The highest BCUT2D eigenvalue weighted by atomic mass is 16.1. The number of H-pyrrole nitrogens is 1. The fourth-order valence-electron chi connectivity index (χ4n) is 1.51. The van der Waals surface area contributed by atoms with Crippen LogP contribution < -0.4 is 11.0 Å². The van der Waals surface area contributed by atoms with E-state index in [2.05, 4.69) is 36.2 Å². The maximum atomic E-state index is 11.2. The Hall–Kier alpha value is -1.77. The number of pyridine rings is 1. The minimum absolute atomic E-state index is 0.0224. The number of aromatic amines is 1. The average Bonchev–Trinajstić information content (AvgIpc) is 2.23. The molecule has 0 radical (unpaired) electrons. The molecular weight excluding hydrogens is 185 g/mol. The number of hydrogen-bond acceptors (Lipinski definition) is 1. The third-order valence-corrected chi connectivity index (χ3v) is 2.47. The van der Waals surface area contributed by atoms with Crippen molar-refractivity contribution in [2.75, 3.05) is 0 Å². The second-order valence-electron chi connectivity index (χ2n) is 3.77. The van der Waals surface area contributed by atoms with Crippen molar-refractivity contribution in [1.29, 1.82) is 0 Å². The van der Waals surface area contributed by atoms with E-state index in [1.54, 1.807) is 6.20 Å². The van der Waals surface area contributed by atoms with Gasteiger partial charge in [-0.2, -0.15) is 0 Å². The first kappa shape index (κ1) is 9.78. The van der Waals surface area contributed by atoms with Crippen molar-refractivity contribution in [3.8, 4) is 11.1 Å². The van der Waals surface area contributed by atoms with Crippen LogP contribution >= 0.6 is 0 Å². The number of hydrogen-bond donors (Lipinski definition) is 1. The van der Waals surface area contributed by atoms with Gasteiger partial charge in [0.2, 0.25) is 5.56 Å². The number of aromatic nitrogens is 1. The smallest absolute Gasteiger partial charge is 0.241 e. The molecule has 0 spiro atoms. The molecular formula is C12H12BNO. The van der Waals surface area contributed by atoms with E-state index in [0.29, 0.717) is 0 Å². The van der Waals surface area contributed by atoms with Crippen molar-refractivity contribution in [2.45, 2.75) is 6.92 Å². The molecule has 0 bridgehead atoms. The lowest BCUT2D eigenvalue weighted by Crippen LogP contribution is -2.26. The highest BCUT2D eigenvalue weighted by Gasteiger charge is 1.99. The molecule has 0 amide bonds. The Bertz CT molecular complexity index is 528. The summed E-state index contributed by atoms with van der Waals surface area (Å²) in [5.41, 5.74) is 4.13. The van der Waals surface area contributed by atoms with Crippen LogP contribution in [0.25, 0.3) is 11.1 Å². The van der Waals surface area contributed by atoms with Crippen molar-refractivity contribution >= 4 is 13.3 Å². The molecule has 1 aromatic carbocycles. The zero-order valence-corrected chi connectivity index (χ0v) is 8.87. The van der Waals surface area contributed by atoms with Crippen molar-refractivity contribution in [3.05, 3.63) is 52.4 Å². The van der Waals surface area contributed by atoms with Crippen molar-refractivity contribution in [3.63, 3.8) is 0 Å². The van der Waals surface area contributed by atoms with E-state index in [0.717, 1.165) is 16.6 Å². The topological polar surface area (TPSA) is 32.9 Å². The lowest BCUT2D eigenvalue weighted by molar-refractivity contribution is 1.26. The van der Waals surface area contributed by atoms with Gasteiger partial charge in [-0.15, -0.1) is 0 Å². The lowest BCUT2D eigenvalue weighted by Gasteiger charge is -2.02. The summed E-state index contributed by atoms with van der Waals surface area (Å²) in [7, 11) is 1.82. The van der Waals surface area contributed by atoms with Gasteiger partial charge in [0.05, 0.1) is 0 Å². The third-order valence-electron chi connectivity index (χ3n) is 2.47. The summed E-state index contributed by atoms with van der Waals surface area (Å²) in [6.07, 6.45) is 1.75. The molecule has 15 heavy (non-hydrogen) atoms. The van der Waals surface area contributed by atoms with Crippen LogP contribution in [0.2, 0.25) is 0 Å². The molecule has 0 aliphatic rings. The van der Waals surface area contributed by atoms with Gasteiger partial charge in [0, 0.05) is 6.20 Å². The summed E-state index contributed by atoms with van der Waals surface area (Å²) < 4.78 is 0. The Kier molecular flexibility index (Phi) is 2.46. The Morgan fingerprint density at radius 2 is 1.80 bits per heavy atom. The minimum Gasteiger partial charge on any atom is -0.329 e. The van der Waals surface area contributed by atoms with E-state index < -0.39 is 0 Å². The second kappa shape index (κ2) is 3.77. The van der Waals surface area contributed by atoms with Crippen LogP contribution in [0.5, 0.6) is 0 Å². The van der Waals surface area contributed by atoms with Gasteiger partial charge in [-0.3, -0.25) is 4.79 Å². The van der Waals surface area contributed by atoms with Crippen LogP contribution in [0.15, 0.2) is 41.3 Å². The Balaban J connectivity index is 2.50. The van der Waals surface area contributed by atoms with Crippen LogP contribution in [0.4, 0.5) is 0 Å². The first-order valence-corrected chi connectivity index (χ1v) is 4.93. The molecule has 1 N–H and O–H groups in total. The largest absolute Gasteiger partial charge is 0.329 e. The van der Waals surface area contributed by atoms with E-state index in [1.807, 2.05) is 13.9 Å². The Morgan fingerprint density at radius 3 is 2.40 bits per heavy atom. The van der Waals surface area contributed by atoms with Crippen LogP contribution in [-0.2, 0) is 0 Å². The normalized spacial score (nSPS) is 10.2. The third kappa shape index (κ3) is 2.01. The van der Waals surface area contributed by atoms with Gasteiger partial charge < -0.3 is 4.98 Å². The molecule has 2 aromatic rings. The predicted octanol–water partition coefficient (Wildman–Crippen LogP) is 0.609. The molecule has 0 aliphatic carbocycles. The molecule has 2 rings (SSSR count). The molecule has 0 aliphatic heterocycles. The molecule has 0 unspecified atom stereocenters. The predicted molar refractivity (Wildman–Crippen MR) is 65.4 cm³/mol. The molecule has 74 valence electrons. The maximum absolute atomic E-state index is 11.2. The van der Waals surface area contributed by atoms with Crippen molar-refractivity contribution in [1.82, 2.24) is 4.98 Å². The fourth-order valence-corrected chi connectivity index (χ4v) is 1.51. The fraction of sp³-hybridized carbons (Fsp3) is 0.0833. The molecule has 2 nitrogen and oxygen atoms in total. The van der Waals surface area contributed by atoms with E-state index >= 15 is 0 Å². The van der Waals surface area contributed by atoms with Gasteiger partial charge in [-0.05, 0) is 23.5 Å². The van der Waals surface area contributed by atoms with Gasteiger partial charge in [-0.25, -0.2) is 0 Å². The first-order chi connectivity index (χ1) is 7.16. The zero-order chi connectivity index (χ0) is 10.8. The van der Waals surface area contributed by atoms with Crippen molar-refractivity contribution in [2.24, 2.45) is 0 Å². The molecule has 0 atom stereocenters. The number of aryl methyl sites for hydroxylation is 1. The van der Waals surface area contributed by atoms with Gasteiger partial charge in [0.15, 0.2) is 0 Å². The molecule has 3 heteroatoms. The van der Waals surface area contributed by atoms with Crippen LogP contribution in [0.1, 0.15) is 5.56 Å². The Morgan fingerprint density at radius 1 is 1.13 bits per heavy atom. The molecule has 1 aromatic heterocycles. The minimum atomic E-state index is -0.0224. The van der Waals surface area contributed by atoms with Crippen LogP contribution in [-0.4, -0.2) is 12.8 Å². The van der Waals surface area contributed by atoms with Crippen LogP contribution in [0.3, 0.4) is 0 Å². The standard InChI is InChI=1S/C12H12BNO/c1-8-2-4-9(5-3-8)10-6-11(13)12(15)14-7-10/h2-7H,13H2,1H3,(H,14,15). The highest BCUT2D eigenvalue weighted by molar-refractivity contribution is 6.32. The second-order valence-corrected chi connectivity index (χ2v) is 3.77. The zero-order valence-electron chi connectivity index (χ0n) is 8.87. The van der Waals surface area contributed by atoms with Crippen molar-refractivity contribution < 1.29 is 0 Å². The quantitative estimate of drug-likeness (QED) is 0.667. The van der Waals surface area contributed by atoms with Gasteiger partial charge in [0.1, 0.15) is 7.85 Å². The van der Waals surface area contributed by atoms with E-state index in [4.69, 9.17) is 0 Å². The number of benzene rings is 1. The summed E-state index contributed by atoms with van der Waals surface area (Å²) in [5.74, 6) is 0. The van der Waals surface area contributed by atoms with E-state index in [-0.39, 0.29) is 5.56 Å². The molecule has 0 saturated heterocycles. The summed E-state index contributed by atoms with van der Waals surface area (Å²) in [4.78, 5) is 13.9. The van der Waals surface area contributed by atoms with Gasteiger partial charge in [-0.1, -0.05) is 35.9 Å². The molecule has 1 heterocycles. The first-order valence-electron chi connectivity index (χ1n) is 4.93. The number of nitrogens with one attached hydrogen (secondary N) is 1. The highest BCUT2D eigenvalue weighted by Crippen LogP contribution is 2.16.